The van der Waals surface area contributed by atoms with Gasteiger partial charge in [-0.25, -0.2) is 0 Å². The van der Waals surface area contributed by atoms with E-state index in [-0.39, 0.29) is 0 Å². The number of piperidine rings is 1. The summed E-state index contributed by atoms with van der Waals surface area (Å²) in [6.45, 7) is 9.51. The highest BCUT2D eigenvalue weighted by molar-refractivity contribution is 4.97. The van der Waals surface area contributed by atoms with E-state index in [0.717, 1.165) is 18.4 Å². The molecule has 2 aliphatic rings. The molecule has 14 heavy (non-hydrogen) atoms. The summed E-state index contributed by atoms with van der Waals surface area (Å²) in [6, 6.07) is 0. The zero-order valence-corrected chi connectivity index (χ0v) is 9.63. The quantitative estimate of drug-likeness (QED) is 0.744. The summed E-state index contributed by atoms with van der Waals surface area (Å²) in [5.41, 5.74) is 6.35. The minimum atomic E-state index is 0.525. The van der Waals surface area contributed by atoms with E-state index >= 15 is 0 Å². The summed E-state index contributed by atoms with van der Waals surface area (Å²) in [7, 11) is 0. The van der Waals surface area contributed by atoms with Gasteiger partial charge in [-0.1, -0.05) is 13.8 Å². The Morgan fingerprint density at radius 2 is 1.79 bits per heavy atom. The fraction of sp³-hybridized carbons (Fsp3) is 1.00. The normalized spacial score (nSPS) is 37.1. The van der Waals surface area contributed by atoms with Crippen molar-refractivity contribution in [2.24, 2.45) is 23.0 Å². The lowest BCUT2D eigenvalue weighted by Gasteiger charge is -2.37. The highest BCUT2D eigenvalue weighted by atomic mass is 15.1. The summed E-state index contributed by atoms with van der Waals surface area (Å²) in [5.74, 6) is 1.76. The number of nitrogens with two attached hydrogens (primary N) is 1. The maximum absolute atomic E-state index is 5.83. The molecule has 2 heteroatoms. The molecule has 2 unspecified atom stereocenters. The third kappa shape index (κ3) is 2.29. The highest BCUT2D eigenvalue weighted by Gasteiger charge is 2.43. The molecule has 1 saturated carbocycles. The Balaban J connectivity index is 1.85. The Bertz CT molecular complexity index is 188. The summed E-state index contributed by atoms with van der Waals surface area (Å²) in [5, 5.41) is 0. The van der Waals surface area contributed by atoms with Crippen molar-refractivity contribution in [3.8, 4) is 0 Å². The minimum absolute atomic E-state index is 0.525. The molecule has 2 fully saturated rings. The Hall–Kier alpha value is -0.0800. The summed E-state index contributed by atoms with van der Waals surface area (Å²) in [6.07, 6.45) is 4.14. The third-order valence-corrected chi connectivity index (χ3v) is 3.89. The lowest BCUT2D eigenvalue weighted by atomic mass is 9.91. The number of hydrogen-bond donors (Lipinski definition) is 1. The van der Waals surface area contributed by atoms with Gasteiger partial charge in [0.2, 0.25) is 0 Å². The van der Waals surface area contributed by atoms with Gasteiger partial charge in [0.25, 0.3) is 0 Å². The van der Waals surface area contributed by atoms with E-state index in [1.165, 1.54) is 38.9 Å². The van der Waals surface area contributed by atoms with Crippen LogP contribution in [0.5, 0.6) is 0 Å². The van der Waals surface area contributed by atoms with Crippen LogP contribution in [0.1, 0.15) is 33.1 Å². The second-order valence-corrected chi connectivity index (χ2v) is 5.84. The molecular weight excluding hydrogens is 172 g/mol. The Morgan fingerprint density at radius 1 is 1.21 bits per heavy atom. The van der Waals surface area contributed by atoms with E-state index in [4.69, 9.17) is 5.73 Å². The molecule has 2 nitrogen and oxygen atoms in total. The SMILES string of the molecule is CC1CC(C)CN(CC2(CN)CC2)C1. The molecule has 0 aromatic rings. The summed E-state index contributed by atoms with van der Waals surface area (Å²) in [4.78, 5) is 2.65. The molecule has 0 radical (unpaired) electrons. The van der Waals surface area contributed by atoms with E-state index in [1.807, 2.05) is 0 Å². The van der Waals surface area contributed by atoms with Crippen molar-refractivity contribution in [1.29, 1.82) is 0 Å². The largest absolute Gasteiger partial charge is 0.330 e. The molecule has 0 spiro atoms. The van der Waals surface area contributed by atoms with Crippen LogP contribution in [0, 0.1) is 17.3 Å². The monoisotopic (exact) mass is 196 g/mol. The van der Waals surface area contributed by atoms with Crippen LogP contribution >= 0.6 is 0 Å². The van der Waals surface area contributed by atoms with Crippen molar-refractivity contribution in [3.63, 3.8) is 0 Å². The molecule has 2 atom stereocenters. The molecule has 2 rings (SSSR count). The highest BCUT2D eigenvalue weighted by Crippen LogP contribution is 2.45. The van der Waals surface area contributed by atoms with Gasteiger partial charge in [-0.15, -0.1) is 0 Å². The number of rotatable bonds is 3. The van der Waals surface area contributed by atoms with Gasteiger partial charge in [0.1, 0.15) is 0 Å². The van der Waals surface area contributed by atoms with E-state index in [9.17, 15) is 0 Å². The first kappa shape index (κ1) is 10.4. The standard InChI is InChI=1S/C12H24N2/c1-10-5-11(2)7-14(6-10)9-12(8-13)3-4-12/h10-11H,3-9,13H2,1-2H3. The maximum Gasteiger partial charge on any atom is 0.00503 e. The van der Waals surface area contributed by atoms with Crippen LogP contribution in [-0.4, -0.2) is 31.1 Å². The average molecular weight is 196 g/mol. The maximum atomic E-state index is 5.83. The van der Waals surface area contributed by atoms with Crippen LogP contribution in [0.25, 0.3) is 0 Å². The molecule has 1 saturated heterocycles. The molecule has 0 bridgehead atoms. The second kappa shape index (κ2) is 3.82. The fourth-order valence-corrected chi connectivity index (χ4v) is 3.00. The van der Waals surface area contributed by atoms with Gasteiger partial charge in [-0.3, -0.25) is 0 Å². The molecule has 0 aromatic heterocycles. The molecule has 82 valence electrons. The van der Waals surface area contributed by atoms with Gasteiger partial charge in [0, 0.05) is 19.6 Å². The molecule has 0 aromatic carbocycles. The molecule has 1 aliphatic carbocycles. The smallest absolute Gasteiger partial charge is 0.00503 e. The predicted molar refractivity (Wildman–Crippen MR) is 60.1 cm³/mol. The summed E-state index contributed by atoms with van der Waals surface area (Å²) < 4.78 is 0. The van der Waals surface area contributed by atoms with Gasteiger partial charge in [-0.2, -0.15) is 0 Å². The van der Waals surface area contributed by atoms with E-state index < -0.39 is 0 Å². The van der Waals surface area contributed by atoms with Crippen molar-refractivity contribution in [2.75, 3.05) is 26.2 Å². The zero-order chi connectivity index (χ0) is 10.2. The summed E-state index contributed by atoms with van der Waals surface area (Å²) >= 11 is 0. The van der Waals surface area contributed by atoms with Gasteiger partial charge in [0.05, 0.1) is 0 Å². The first-order chi connectivity index (χ1) is 6.63. The van der Waals surface area contributed by atoms with E-state index in [1.54, 1.807) is 0 Å². The van der Waals surface area contributed by atoms with Crippen LogP contribution in [0.2, 0.25) is 0 Å². The lowest BCUT2D eigenvalue weighted by Crippen LogP contribution is -2.43. The van der Waals surface area contributed by atoms with Crippen LogP contribution in [0.4, 0.5) is 0 Å². The molecular formula is C12H24N2. The van der Waals surface area contributed by atoms with E-state index in [2.05, 4.69) is 18.7 Å². The third-order valence-electron chi connectivity index (χ3n) is 3.89. The average Bonchev–Trinajstić information content (AvgIpc) is 2.83. The molecule has 2 N–H and O–H groups in total. The van der Waals surface area contributed by atoms with E-state index in [0.29, 0.717) is 5.41 Å². The second-order valence-electron chi connectivity index (χ2n) is 5.84. The molecule has 1 aliphatic heterocycles. The first-order valence-corrected chi connectivity index (χ1v) is 6.06. The number of likely N-dealkylation sites (tertiary alicyclic amines) is 1. The van der Waals surface area contributed by atoms with Crippen LogP contribution in [-0.2, 0) is 0 Å². The Labute approximate surface area is 87.8 Å². The number of hydrogen-bond acceptors (Lipinski definition) is 2. The topological polar surface area (TPSA) is 29.3 Å². The van der Waals surface area contributed by atoms with Crippen molar-refractivity contribution >= 4 is 0 Å². The molecule has 1 heterocycles. The van der Waals surface area contributed by atoms with Crippen molar-refractivity contribution < 1.29 is 0 Å². The van der Waals surface area contributed by atoms with Gasteiger partial charge in [0.15, 0.2) is 0 Å². The van der Waals surface area contributed by atoms with Crippen LogP contribution < -0.4 is 5.73 Å². The lowest BCUT2D eigenvalue weighted by molar-refractivity contribution is 0.118. The van der Waals surface area contributed by atoms with Gasteiger partial charge in [-0.05, 0) is 43.1 Å². The zero-order valence-electron chi connectivity index (χ0n) is 9.63. The van der Waals surface area contributed by atoms with Gasteiger partial charge >= 0.3 is 0 Å². The Kier molecular flexibility index (Phi) is 2.85. The van der Waals surface area contributed by atoms with Gasteiger partial charge < -0.3 is 10.6 Å². The molecule has 0 amide bonds. The Morgan fingerprint density at radius 3 is 2.21 bits per heavy atom. The minimum Gasteiger partial charge on any atom is -0.330 e. The van der Waals surface area contributed by atoms with Crippen molar-refractivity contribution in [3.05, 3.63) is 0 Å². The van der Waals surface area contributed by atoms with Crippen molar-refractivity contribution in [1.82, 2.24) is 4.90 Å². The first-order valence-electron chi connectivity index (χ1n) is 6.06. The van der Waals surface area contributed by atoms with Crippen LogP contribution in [0.15, 0.2) is 0 Å². The van der Waals surface area contributed by atoms with Crippen LogP contribution in [0.3, 0.4) is 0 Å². The fourth-order valence-electron chi connectivity index (χ4n) is 3.00. The number of nitrogens with zero attached hydrogens (tertiary/aromatic N) is 1. The van der Waals surface area contributed by atoms with Crippen molar-refractivity contribution in [2.45, 2.75) is 33.1 Å². The predicted octanol–water partition coefficient (Wildman–Crippen LogP) is 1.70.